The lowest BCUT2D eigenvalue weighted by Crippen LogP contribution is -1.94. The molecule has 5 nitrogen and oxygen atoms in total. The minimum absolute atomic E-state index is 0.275. The first-order valence-electron chi connectivity index (χ1n) is 4.84. The van der Waals surface area contributed by atoms with Gasteiger partial charge in [-0.15, -0.1) is 11.8 Å². The van der Waals surface area contributed by atoms with E-state index < -0.39 is 5.97 Å². The molecule has 8 heteroatoms. The van der Waals surface area contributed by atoms with E-state index in [1.165, 1.54) is 29.9 Å². The first-order valence-corrected chi connectivity index (χ1v) is 7.70. The second kappa shape index (κ2) is 5.68. The van der Waals surface area contributed by atoms with Crippen LogP contribution in [0.1, 0.15) is 15.4 Å². The van der Waals surface area contributed by atoms with Crippen molar-refractivity contribution in [3.8, 4) is 0 Å². The lowest BCUT2D eigenvalue weighted by atomic mass is 10.4. The van der Waals surface area contributed by atoms with Crippen molar-refractivity contribution in [2.75, 3.05) is 6.26 Å². The Hall–Kier alpha value is -1.12. The molecule has 2 aromatic rings. The highest BCUT2D eigenvalue weighted by molar-refractivity contribution is 8.01. The van der Waals surface area contributed by atoms with Gasteiger partial charge in [0.05, 0.1) is 5.69 Å². The molecular formula is C10H9N3O2S3. The summed E-state index contributed by atoms with van der Waals surface area (Å²) < 4.78 is 0.677. The summed E-state index contributed by atoms with van der Waals surface area (Å²) in [4.78, 5) is 23.6. The van der Waals surface area contributed by atoms with E-state index in [4.69, 9.17) is 5.11 Å². The quantitative estimate of drug-likeness (QED) is 0.687. The monoisotopic (exact) mass is 299 g/mol. The fourth-order valence-electron chi connectivity index (χ4n) is 1.19. The molecule has 0 aliphatic rings. The van der Waals surface area contributed by atoms with Crippen molar-refractivity contribution in [2.24, 2.45) is 0 Å². The van der Waals surface area contributed by atoms with Crippen molar-refractivity contribution in [3.63, 3.8) is 0 Å². The summed E-state index contributed by atoms with van der Waals surface area (Å²) >= 11 is 4.04. The molecule has 94 valence electrons. The van der Waals surface area contributed by atoms with Gasteiger partial charge in [0.2, 0.25) is 0 Å². The van der Waals surface area contributed by atoms with Crippen LogP contribution in [0, 0.1) is 6.92 Å². The molecule has 0 saturated heterocycles. The Morgan fingerprint density at radius 3 is 2.72 bits per heavy atom. The Morgan fingerprint density at radius 2 is 2.11 bits per heavy atom. The number of thioether (sulfide) groups is 1. The van der Waals surface area contributed by atoms with Crippen LogP contribution in [0.2, 0.25) is 0 Å². The predicted molar refractivity (Wildman–Crippen MR) is 71.7 cm³/mol. The summed E-state index contributed by atoms with van der Waals surface area (Å²) in [6, 6.07) is 1.85. The lowest BCUT2D eigenvalue weighted by Gasteiger charge is -1.98. The van der Waals surface area contributed by atoms with Gasteiger partial charge in [-0.05, 0) is 24.9 Å². The lowest BCUT2D eigenvalue weighted by molar-refractivity contribution is 0.0701. The highest BCUT2D eigenvalue weighted by Gasteiger charge is 2.15. The van der Waals surface area contributed by atoms with Crippen LogP contribution in [-0.2, 0) is 0 Å². The third-order valence-corrected chi connectivity index (χ3v) is 4.77. The van der Waals surface area contributed by atoms with Crippen LogP contribution in [0.4, 0.5) is 0 Å². The van der Waals surface area contributed by atoms with E-state index in [-0.39, 0.29) is 4.88 Å². The third kappa shape index (κ3) is 3.01. The van der Waals surface area contributed by atoms with Crippen LogP contribution in [-0.4, -0.2) is 32.3 Å². The summed E-state index contributed by atoms with van der Waals surface area (Å²) in [5.41, 5.74) is 0.536. The van der Waals surface area contributed by atoms with Crippen LogP contribution in [0.25, 0.3) is 0 Å². The number of carboxylic acids is 1. The van der Waals surface area contributed by atoms with Gasteiger partial charge in [0, 0.05) is 6.07 Å². The van der Waals surface area contributed by atoms with Gasteiger partial charge in [0.25, 0.3) is 0 Å². The molecule has 18 heavy (non-hydrogen) atoms. The molecule has 0 atom stereocenters. The van der Waals surface area contributed by atoms with Crippen molar-refractivity contribution in [3.05, 3.63) is 23.0 Å². The molecule has 0 saturated carbocycles. The Balaban J connectivity index is 2.23. The van der Waals surface area contributed by atoms with Crippen molar-refractivity contribution in [2.45, 2.75) is 21.3 Å². The van der Waals surface area contributed by atoms with E-state index >= 15 is 0 Å². The Morgan fingerprint density at radius 1 is 1.39 bits per heavy atom. The van der Waals surface area contributed by atoms with Gasteiger partial charge in [0.1, 0.15) is 21.3 Å². The smallest absolute Gasteiger partial charge is 0.347 e. The molecule has 0 bridgehead atoms. The van der Waals surface area contributed by atoms with E-state index in [0.717, 1.165) is 21.4 Å². The minimum atomic E-state index is -0.940. The van der Waals surface area contributed by atoms with Gasteiger partial charge < -0.3 is 5.11 Å². The van der Waals surface area contributed by atoms with Crippen LogP contribution < -0.4 is 0 Å². The van der Waals surface area contributed by atoms with Gasteiger partial charge >= 0.3 is 5.97 Å². The highest BCUT2D eigenvalue weighted by atomic mass is 32.2. The molecule has 0 unspecified atom stereocenters. The zero-order chi connectivity index (χ0) is 13.1. The number of nitrogens with zero attached hydrogens (tertiary/aromatic N) is 3. The SMILES string of the molecule is CSc1cc(Sc2nc(C)c(C(=O)O)s2)ncn1. The molecule has 2 aromatic heterocycles. The highest BCUT2D eigenvalue weighted by Crippen LogP contribution is 2.32. The number of aromatic carboxylic acids is 1. The summed E-state index contributed by atoms with van der Waals surface area (Å²) in [5.74, 6) is -0.940. The summed E-state index contributed by atoms with van der Waals surface area (Å²) in [7, 11) is 0. The largest absolute Gasteiger partial charge is 0.477 e. The molecule has 2 rings (SSSR count). The standard InChI is InChI=1S/C10H9N3O2S3/c1-5-8(9(14)15)18-10(13-5)17-7-3-6(16-2)11-4-12-7/h3-4H,1-2H3,(H,14,15). The molecule has 0 radical (unpaired) electrons. The van der Waals surface area contributed by atoms with Gasteiger partial charge in [-0.3, -0.25) is 0 Å². The van der Waals surface area contributed by atoms with Crippen molar-refractivity contribution in [1.82, 2.24) is 15.0 Å². The van der Waals surface area contributed by atoms with Gasteiger partial charge in [0.15, 0.2) is 4.34 Å². The molecule has 0 aliphatic carbocycles. The van der Waals surface area contributed by atoms with Crippen LogP contribution in [0.3, 0.4) is 0 Å². The number of carboxylic acid groups (broad SMARTS) is 1. The van der Waals surface area contributed by atoms with Crippen LogP contribution in [0.15, 0.2) is 26.8 Å². The molecule has 2 heterocycles. The average Bonchev–Trinajstić information content (AvgIpc) is 2.70. The maximum absolute atomic E-state index is 10.9. The Kier molecular flexibility index (Phi) is 4.20. The van der Waals surface area contributed by atoms with Gasteiger partial charge in [-0.2, -0.15) is 0 Å². The summed E-state index contributed by atoms with van der Waals surface area (Å²) in [6.45, 7) is 1.69. The number of aryl methyl sites for hydroxylation is 1. The minimum Gasteiger partial charge on any atom is -0.477 e. The number of hydrogen-bond donors (Lipinski definition) is 1. The molecule has 0 fully saturated rings. The zero-order valence-electron chi connectivity index (χ0n) is 9.58. The number of aromatic nitrogens is 3. The van der Waals surface area contributed by atoms with E-state index in [9.17, 15) is 4.79 Å². The molecule has 1 N–H and O–H groups in total. The fraction of sp³-hybridized carbons (Fsp3) is 0.200. The van der Waals surface area contributed by atoms with Crippen molar-refractivity contribution >= 4 is 40.8 Å². The fourth-order valence-corrected chi connectivity index (χ4v) is 3.59. The number of hydrogen-bond acceptors (Lipinski definition) is 7. The average molecular weight is 299 g/mol. The zero-order valence-corrected chi connectivity index (χ0v) is 12.0. The first-order chi connectivity index (χ1) is 8.60. The maximum Gasteiger partial charge on any atom is 0.347 e. The van der Waals surface area contributed by atoms with E-state index in [0.29, 0.717) is 10.0 Å². The van der Waals surface area contributed by atoms with Crippen molar-refractivity contribution < 1.29 is 9.90 Å². The first kappa shape index (κ1) is 13.3. The number of carbonyl (C=O) groups is 1. The molecule has 0 aliphatic heterocycles. The third-order valence-electron chi connectivity index (χ3n) is 1.99. The second-order valence-corrected chi connectivity index (χ2v) is 6.29. The Bertz CT molecular complexity index is 585. The molecular weight excluding hydrogens is 290 g/mol. The number of rotatable bonds is 4. The van der Waals surface area contributed by atoms with Crippen molar-refractivity contribution in [1.29, 1.82) is 0 Å². The van der Waals surface area contributed by atoms with Gasteiger partial charge in [-0.1, -0.05) is 11.3 Å². The molecule has 0 aromatic carbocycles. The maximum atomic E-state index is 10.9. The second-order valence-electron chi connectivity index (χ2n) is 3.20. The van der Waals surface area contributed by atoms with Gasteiger partial charge in [-0.25, -0.2) is 19.7 Å². The van der Waals surface area contributed by atoms with Crippen LogP contribution in [0.5, 0.6) is 0 Å². The molecule has 0 amide bonds. The van der Waals surface area contributed by atoms with E-state index in [2.05, 4.69) is 15.0 Å². The topological polar surface area (TPSA) is 76.0 Å². The van der Waals surface area contributed by atoms with Crippen LogP contribution >= 0.6 is 34.9 Å². The molecule has 0 spiro atoms. The van der Waals surface area contributed by atoms with E-state index in [1.807, 2.05) is 12.3 Å². The summed E-state index contributed by atoms with van der Waals surface area (Å²) in [6.07, 6.45) is 3.43. The predicted octanol–water partition coefficient (Wildman–Crippen LogP) is 2.81. The van der Waals surface area contributed by atoms with E-state index in [1.54, 1.807) is 6.92 Å². The summed E-state index contributed by atoms with van der Waals surface area (Å²) in [5, 5.41) is 10.6. The normalized spacial score (nSPS) is 10.6. The number of thiazole rings is 1. The Labute approximate surface area is 116 Å².